The molecule has 0 spiro atoms. The molecular weight excluding hydrogens is 400 g/mol. The second-order valence-electron chi connectivity index (χ2n) is 8.67. The van der Waals surface area contributed by atoms with Gasteiger partial charge < -0.3 is 4.74 Å². The van der Waals surface area contributed by atoms with E-state index >= 15 is 0 Å². The fraction of sp³-hybridized carbons (Fsp3) is 0.583. The van der Waals surface area contributed by atoms with Crippen LogP contribution in [0, 0.1) is 18.8 Å². The summed E-state index contributed by atoms with van der Waals surface area (Å²) in [7, 11) is -3.07. The summed E-state index contributed by atoms with van der Waals surface area (Å²) < 4.78 is 29.9. The van der Waals surface area contributed by atoms with Crippen molar-refractivity contribution in [1.29, 1.82) is 0 Å². The van der Waals surface area contributed by atoms with Gasteiger partial charge in [0.1, 0.15) is 5.76 Å². The molecule has 1 aromatic carbocycles. The molecule has 0 radical (unpaired) electrons. The molecule has 6 heteroatoms. The van der Waals surface area contributed by atoms with Crippen molar-refractivity contribution < 1.29 is 22.7 Å². The van der Waals surface area contributed by atoms with Crippen molar-refractivity contribution in [2.75, 3.05) is 11.5 Å². The van der Waals surface area contributed by atoms with E-state index in [9.17, 15) is 18.0 Å². The highest BCUT2D eigenvalue weighted by molar-refractivity contribution is 7.91. The van der Waals surface area contributed by atoms with Crippen molar-refractivity contribution in [1.82, 2.24) is 0 Å². The molecule has 0 bridgehead atoms. The van der Waals surface area contributed by atoms with E-state index < -0.39 is 15.8 Å². The van der Waals surface area contributed by atoms with Gasteiger partial charge >= 0.3 is 5.97 Å². The number of allylic oxidation sites excluding steroid dienone is 2. The number of benzene rings is 1. The van der Waals surface area contributed by atoms with E-state index in [0.29, 0.717) is 30.6 Å². The minimum atomic E-state index is -3.07. The average molecular weight is 433 g/mol. The van der Waals surface area contributed by atoms with Gasteiger partial charge in [-0.1, -0.05) is 31.5 Å². The summed E-state index contributed by atoms with van der Waals surface area (Å²) in [5, 5.41) is 0. The third-order valence-electron chi connectivity index (χ3n) is 6.34. The first-order valence-electron chi connectivity index (χ1n) is 10.9. The lowest BCUT2D eigenvalue weighted by Crippen LogP contribution is -2.34. The van der Waals surface area contributed by atoms with Gasteiger partial charge in [-0.3, -0.25) is 9.59 Å². The maximum atomic E-state index is 13.4. The Hall–Kier alpha value is -1.95. The van der Waals surface area contributed by atoms with Crippen molar-refractivity contribution in [3.05, 3.63) is 40.1 Å². The van der Waals surface area contributed by atoms with Crippen molar-refractivity contribution >= 4 is 27.2 Å². The molecule has 3 rings (SSSR count). The summed E-state index contributed by atoms with van der Waals surface area (Å²) in [6.07, 6.45) is 3.72. The summed E-state index contributed by atoms with van der Waals surface area (Å²) in [6.45, 7) is 7.52. The fourth-order valence-electron chi connectivity index (χ4n) is 5.04. The number of carbonyl (C=O) groups excluding carboxylic acids is 2. The van der Waals surface area contributed by atoms with Gasteiger partial charge in [0, 0.05) is 19.8 Å². The van der Waals surface area contributed by atoms with Crippen LogP contribution in [0.2, 0.25) is 0 Å². The minimum Gasteiger partial charge on any atom is -0.430 e. The molecule has 2 unspecified atom stereocenters. The zero-order valence-electron chi connectivity index (χ0n) is 18.4. The number of ketones is 1. The van der Waals surface area contributed by atoms with Crippen LogP contribution < -0.4 is 0 Å². The lowest BCUT2D eigenvalue weighted by Gasteiger charge is -2.34. The lowest BCUT2D eigenvalue weighted by molar-refractivity contribution is -0.137. The Morgan fingerprint density at radius 1 is 1.10 bits per heavy atom. The number of aryl methyl sites for hydroxylation is 3. The fourth-order valence-corrected chi connectivity index (χ4v) is 6.90. The second-order valence-corrected chi connectivity index (χ2v) is 10.9. The molecule has 1 aromatic rings. The van der Waals surface area contributed by atoms with E-state index in [0.717, 1.165) is 41.5 Å². The normalized spacial score (nSPS) is 24.1. The molecule has 5 nitrogen and oxygen atoms in total. The minimum absolute atomic E-state index is 0.0428. The van der Waals surface area contributed by atoms with Gasteiger partial charge in [-0.2, -0.15) is 0 Å². The molecule has 1 heterocycles. The van der Waals surface area contributed by atoms with Gasteiger partial charge in [0.25, 0.3) is 0 Å². The summed E-state index contributed by atoms with van der Waals surface area (Å²) in [6, 6.07) is 4.19. The zero-order valence-corrected chi connectivity index (χ0v) is 19.2. The highest BCUT2D eigenvalue weighted by Crippen LogP contribution is 2.42. The Kier molecular flexibility index (Phi) is 6.85. The Morgan fingerprint density at radius 3 is 2.27 bits per heavy atom. The van der Waals surface area contributed by atoms with Crippen LogP contribution in [0.4, 0.5) is 0 Å². The first kappa shape index (κ1) is 22.7. The molecule has 2 atom stereocenters. The predicted octanol–water partition coefficient (Wildman–Crippen LogP) is 4.20. The molecule has 0 saturated carbocycles. The van der Waals surface area contributed by atoms with Crippen LogP contribution >= 0.6 is 0 Å². The number of esters is 1. The second kappa shape index (κ2) is 9.04. The predicted molar refractivity (Wildman–Crippen MR) is 118 cm³/mol. The van der Waals surface area contributed by atoms with Gasteiger partial charge in [0.15, 0.2) is 15.6 Å². The summed E-state index contributed by atoms with van der Waals surface area (Å²) in [4.78, 5) is 25.3. The molecule has 1 fully saturated rings. The highest BCUT2D eigenvalue weighted by Gasteiger charge is 2.38. The molecule has 0 amide bonds. The van der Waals surface area contributed by atoms with Crippen molar-refractivity contribution in [3.8, 4) is 0 Å². The zero-order chi connectivity index (χ0) is 22.1. The lowest BCUT2D eigenvalue weighted by atomic mass is 9.75. The smallest absolute Gasteiger partial charge is 0.307 e. The maximum Gasteiger partial charge on any atom is 0.307 e. The molecule has 1 aliphatic carbocycles. The summed E-state index contributed by atoms with van der Waals surface area (Å²) in [5.74, 6) is 0.110. The van der Waals surface area contributed by atoms with Crippen LogP contribution in [0.3, 0.4) is 0 Å². The van der Waals surface area contributed by atoms with Crippen molar-refractivity contribution in [3.63, 3.8) is 0 Å². The van der Waals surface area contributed by atoms with Crippen molar-refractivity contribution in [2.45, 2.75) is 66.2 Å². The number of hydrogen-bond acceptors (Lipinski definition) is 5. The van der Waals surface area contributed by atoms with Gasteiger partial charge in [-0.05, 0) is 61.1 Å². The number of ether oxygens (including phenoxy) is 1. The number of Topliss-reactive ketones (excluding diaryl/α,β-unsaturated/α-hetero) is 1. The number of sulfone groups is 1. The highest BCUT2D eigenvalue weighted by atomic mass is 32.2. The molecule has 30 heavy (non-hydrogen) atoms. The van der Waals surface area contributed by atoms with Crippen LogP contribution in [0.1, 0.15) is 68.7 Å². The number of carbonyl (C=O) groups is 2. The molecular formula is C24H32O5S. The summed E-state index contributed by atoms with van der Waals surface area (Å²) >= 11 is 0. The number of hydrogen-bond donors (Lipinski definition) is 0. The van der Waals surface area contributed by atoms with Crippen LogP contribution in [-0.2, 0) is 37.0 Å². The third-order valence-corrected chi connectivity index (χ3v) is 8.19. The first-order chi connectivity index (χ1) is 14.1. The Balaban J connectivity index is 2.09. The van der Waals surface area contributed by atoms with Gasteiger partial charge in [0.2, 0.25) is 0 Å². The van der Waals surface area contributed by atoms with E-state index in [2.05, 4.69) is 26.0 Å². The van der Waals surface area contributed by atoms with Gasteiger partial charge in [-0.25, -0.2) is 8.42 Å². The average Bonchev–Trinajstić information content (AvgIpc) is 2.66. The largest absolute Gasteiger partial charge is 0.430 e. The van der Waals surface area contributed by atoms with E-state index in [4.69, 9.17) is 4.74 Å². The van der Waals surface area contributed by atoms with E-state index in [1.807, 2.05) is 6.92 Å². The standard InChI is InChI=1S/C24H32O5S/c1-5-17-10-15(3)11-18(6-2)23(17)24-21(26)12-20(13-22(24)29-16(4)25)19-8-7-9-30(27,28)14-19/h10-11,19-20H,5-9,12-14H2,1-4H3. The van der Waals surface area contributed by atoms with Gasteiger partial charge in [-0.15, -0.1) is 0 Å². The van der Waals surface area contributed by atoms with Crippen LogP contribution in [-0.4, -0.2) is 31.7 Å². The van der Waals surface area contributed by atoms with E-state index in [1.54, 1.807) is 0 Å². The third kappa shape index (κ3) is 4.85. The monoisotopic (exact) mass is 432 g/mol. The van der Waals surface area contributed by atoms with Crippen LogP contribution in [0.5, 0.6) is 0 Å². The molecule has 0 aromatic heterocycles. The van der Waals surface area contributed by atoms with E-state index in [-0.39, 0.29) is 29.1 Å². The first-order valence-corrected chi connectivity index (χ1v) is 12.7. The number of rotatable bonds is 5. The van der Waals surface area contributed by atoms with Gasteiger partial charge in [0.05, 0.1) is 17.1 Å². The van der Waals surface area contributed by atoms with E-state index in [1.165, 1.54) is 6.92 Å². The Labute approximate surface area is 179 Å². The summed E-state index contributed by atoms with van der Waals surface area (Å²) in [5.41, 5.74) is 4.74. The Bertz CT molecular complexity index is 962. The van der Waals surface area contributed by atoms with Crippen molar-refractivity contribution in [2.24, 2.45) is 11.8 Å². The van der Waals surface area contributed by atoms with Crippen LogP contribution in [0.15, 0.2) is 17.9 Å². The quantitative estimate of drug-likeness (QED) is 0.652. The molecule has 0 N–H and O–H groups in total. The maximum absolute atomic E-state index is 13.4. The molecule has 2 aliphatic rings. The van der Waals surface area contributed by atoms with Crippen LogP contribution in [0.25, 0.3) is 5.57 Å². The Morgan fingerprint density at radius 2 is 1.73 bits per heavy atom. The SMILES string of the molecule is CCc1cc(C)cc(CC)c1C1=C(OC(C)=O)CC(C2CCCS(=O)(=O)C2)CC1=O. The molecule has 1 aliphatic heterocycles. The molecule has 164 valence electrons. The molecule has 1 saturated heterocycles. The topological polar surface area (TPSA) is 77.5 Å².